The first kappa shape index (κ1) is 14.1. The van der Waals surface area contributed by atoms with E-state index in [0.717, 1.165) is 24.7 Å². The van der Waals surface area contributed by atoms with Crippen molar-refractivity contribution in [3.8, 4) is 0 Å². The molecule has 0 aliphatic carbocycles. The topological polar surface area (TPSA) is 51.0 Å². The van der Waals surface area contributed by atoms with Gasteiger partial charge in [0.25, 0.3) is 0 Å². The molecule has 0 aliphatic rings. The summed E-state index contributed by atoms with van der Waals surface area (Å²) >= 11 is 1.72. The lowest BCUT2D eigenvalue weighted by Crippen LogP contribution is -2.18. The van der Waals surface area contributed by atoms with E-state index < -0.39 is 0 Å². The van der Waals surface area contributed by atoms with Crippen LogP contribution in [0.4, 0.5) is 0 Å². The summed E-state index contributed by atoms with van der Waals surface area (Å²) in [5.74, 6) is 2.14. The van der Waals surface area contributed by atoms with Gasteiger partial charge in [0, 0.05) is 11.4 Å². The van der Waals surface area contributed by atoms with Crippen molar-refractivity contribution in [1.82, 2.24) is 15.5 Å². The second kappa shape index (κ2) is 7.31. The van der Waals surface area contributed by atoms with Crippen molar-refractivity contribution in [1.29, 1.82) is 0 Å². The summed E-state index contributed by atoms with van der Waals surface area (Å²) in [6.45, 7) is 6.38. The van der Waals surface area contributed by atoms with E-state index in [-0.39, 0.29) is 0 Å². The minimum Gasteiger partial charge on any atom is -0.343 e. The van der Waals surface area contributed by atoms with E-state index in [1.165, 1.54) is 16.9 Å². The maximum Gasteiger partial charge on any atom is 0.213 e. The average molecular weight is 277 g/mol. The third kappa shape index (κ3) is 5.04. The molecule has 0 unspecified atom stereocenters. The summed E-state index contributed by atoms with van der Waals surface area (Å²) in [5, 5.41) is 7.25. The van der Waals surface area contributed by atoms with Crippen LogP contribution in [0.2, 0.25) is 0 Å². The van der Waals surface area contributed by atoms with Gasteiger partial charge in [-0.2, -0.15) is 4.98 Å². The highest BCUT2D eigenvalue weighted by Gasteiger charge is 2.02. The highest BCUT2D eigenvalue weighted by molar-refractivity contribution is 7.98. The first-order valence-electron chi connectivity index (χ1n) is 6.42. The normalized spacial score (nSPS) is 11.1. The number of nitrogens with zero attached hydrogens (tertiary/aromatic N) is 2. The monoisotopic (exact) mass is 277 g/mol. The van der Waals surface area contributed by atoms with Crippen molar-refractivity contribution in [2.75, 3.05) is 6.54 Å². The van der Waals surface area contributed by atoms with Crippen LogP contribution in [-0.4, -0.2) is 16.7 Å². The van der Waals surface area contributed by atoms with Gasteiger partial charge in [0.2, 0.25) is 6.39 Å². The number of hydrogen-bond acceptors (Lipinski definition) is 5. The summed E-state index contributed by atoms with van der Waals surface area (Å²) in [7, 11) is 0. The molecule has 1 aromatic carbocycles. The molecule has 1 aromatic heterocycles. The maximum atomic E-state index is 4.72. The van der Waals surface area contributed by atoms with E-state index >= 15 is 0 Å². The molecule has 0 aliphatic heterocycles. The zero-order chi connectivity index (χ0) is 13.5. The van der Waals surface area contributed by atoms with E-state index in [9.17, 15) is 0 Å². The van der Waals surface area contributed by atoms with E-state index in [2.05, 4.69) is 53.6 Å². The molecular weight excluding hydrogens is 258 g/mol. The van der Waals surface area contributed by atoms with Crippen molar-refractivity contribution in [2.45, 2.75) is 31.0 Å². The number of benzene rings is 1. The Hall–Kier alpha value is -1.33. The largest absolute Gasteiger partial charge is 0.343 e. The van der Waals surface area contributed by atoms with Crippen LogP contribution in [0.3, 0.4) is 0 Å². The second-order valence-corrected chi connectivity index (χ2v) is 5.86. The van der Waals surface area contributed by atoms with Gasteiger partial charge in [-0.25, -0.2) is 0 Å². The van der Waals surface area contributed by atoms with Gasteiger partial charge in [0.15, 0.2) is 5.82 Å². The van der Waals surface area contributed by atoms with E-state index in [0.29, 0.717) is 5.92 Å². The standard InChI is InChI=1S/C14H19N3OS/c1-11(2)7-15-8-12-4-3-5-13(6-12)19-9-14-16-10-18-17-14/h3-6,10-11,15H,7-9H2,1-2H3. The highest BCUT2D eigenvalue weighted by atomic mass is 32.2. The molecule has 0 amide bonds. The highest BCUT2D eigenvalue weighted by Crippen LogP contribution is 2.22. The number of thioether (sulfide) groups is 1. The number of rotatable bonds is 7. The molecule has 1 heterocycles. The van der Waals surface area contributed by atoms with Gasteiger partial charge in [-0.15, -0.1) is 11.8 Å². The predicted octanol–water partition coefficient (Wildman–Crippen LogP) is 3.11. The molecule has 2 rings (SSSR count). The van der Waals surface area contributed by atoms with Crippen molar-refractivity contribution in [3.63, 3.8) is 0 Å². The molecule has 1 N–H and O–H groups in total. The van der Waals surface area contributed by atoms with Crippen LogP contribution in [0.1, 0.15) is 25.2 Å². The molecule has 2 aromatic rings. The molecule has 0 bridgehead atoms. The van der Waals surface area contributed by atoms with E-state index in [1.54, 1.807) is 11.8 Å². The molecule has 0 spiro atoms. The Balaban J connectivity index is 1.84. The lowest BCUT2D eigenvalue weighted by atomic mass is 10.2. The van der Waals surface area contributed by atoms with E-state index in [4.69, 9.17) is 4.52 Å². The zero-order valence-electron chi connectivity index (χ0n) is 11.3. The molecule has 0 saturated carbocycles. The summed E-state index contributed by atoms with van der Waals surface area (Å²) in [6.07, 6.45) is 1.36. The zero-order valence-corrected chi connectivity index (χ0v) is 12.1. The molecule has 102 valence electrons. The van der Waals surface area contributed by atoms with Gasteiger partial charge in [0.05, 0.1) is 5.75 Å². The van der Waals surface area contributed by atoms with Crippen molar-refractivity contribution >= 4 is 11.8 Å². The lowest BCUT2D eigenvalue weighted by molar-refractivity contribution is 0.412. The van der Waals surface area contributed by atoms with Crippen LogP contribution < -0.4 is 5.32 Å². The van der Waals surface area contributed by atoms with Crippen molar-refractivity contribution in [2.24, 2.45) is 5.92 Å². The Bertz CT molecular complexity index is 485. The first-order valence-corrected chi connectivity index (χ1v) is 7.40. The van der Waals surface area contributed by atoms with Gasteiger partial charge in [-0.05, 0) is 30.2 Å². The van der Waals surface area contributed by atoms with E-state index in [1.807, 2.05) is 0 Å². The third-order valence-corrected chi connectivity index (χ3v) is 3.54. The fourth-order valence-corrected chi connectivity index (χ4v) is 2.49. The average Bonchev–Trinajstić information content (AvgIpc) is 2.89. The fourth-order valence-electron chi connectivity index (χ4n) is 1.65. The molecular formula is C14H19N3OS. The molecule has 0 saturated heterocycles. The van der Waals surface area contributed by atoms with Gasteiger partial charge >= 0.3 is 0 Å². The minimum absolute atomic E-state index is 0.677. The Morgan fingerprint density at radius 2 is 2.26 bits per heavy atom. The maximum absolute atomic E-state index is 4.72. The Kier molecular flexibility index (Phi) is 5.42. The summed E-state index contributed by atoms with van der Waals surface area (Å²) < 4.78 is 4.72. The van der Waals surface area contributed by atoms with Gasteiger partial charge < -0.3 is 9.84 Å². The minimum atomic E-state index is 0.677. The molecule has 0 radical (unpaired) electrons. The summed E-state index contributed by atoms with van der Waals surface area (Å²) in [6, 6.07) is 8.55. The number of aromatic nitrogens is 2. The molecule has 0 fully saturated rings. The third-order valence-electron chi connectivity index (χ3n) is 2.56. The van der Waals surface area contributed by atoms with Crippen LogP contribution in [0.25, 0.3) is 0 Å². The van der Waals surface area contributed by atoms with Crippen LogP contribution in [-0.2, 0) is 12.3 Å². The molecule has 5 heteroatoms. The quantitative estimate of drug-likeness (QED) is 0.788. The molecule has 0 atom stereocenters. The van der Waals surface area contributed by atoms with Crippen LogP contribution in [0, 0.1) is 5.92 Å². The molecule has 19 heavy (non-hydrogen) atoms. The predicted molar refractivity (Wildman–Crippen MR) is 76.8 cm³/mol. The fraction of sp³-hybridized carbons (Fsp3) is 0.429. The van der Waals surface area contributed by atoms with Gasteiger partial charge in [-0.1, -0.05) is 31.1 Å². The van der Waals surface area contributed by atoms with Crippen LogP contribution >= 0.6 is 11.8 Å². The Morgan fingerprint density at radius 1 is 1.37 bits per heavy atom. The smallest absolute Gasteiger partial charge is 0.213 e. The SMILES string of the molecule is CC(C)CNCc1cccc(SCc2ncon2)c1. The lowest BCUT2D eigenvalue weighted by Gasteiger charge is -2.08. The Morgan fingerprint density at radius 3 is 3.00 bits per heavy atom. The summed E-state index contributed by atoms with van der Waals surface area (Å²) in [4.78, 5) is 5.24. The Labute approximate surface area is 118 Å². The van der Waals surface area contributed by atoms with Crippen LogP contribution in [0.5, 0.6) is 0 Å². The second-order valence-electron chi connectivity index (χ2n) is 4.81. The van der Waals surface area contributed by atoms with Gasteiger partial charge in [0.1, 0.15) is 0 Å². The summed E-state index contributed by atoms with van der Waals surface area (Å²) in [5.41, 5.74) is 1.30. The van der Waals surface area contributed by atoms with Crippen molar-refractivity contribution in [3.05, 3.63) is 42.0 Å². The van der Waals surface area contributed by atoms with Crippen molar-refractivity contribution < 1.29 is 4.52 Å². The molecule has 4 nitrogen and oxygen atoms in total. The van der Waals surface area contributed by atoms with Crippen LogP contribution in [0.15, 0.2) is 40.1 Å². The number of hydrogen-bond donors (Lipinski definition) is 1. The number of nitrogens with one attached hydrogen (secondary N) is 1. The van der Waals surface area contributed by atoms with Gasteiger partial charge in [-0.3, -0.25) is 0 Å². The first-order chi connectivity index (χ1) is 9.24.